The van der Waals surface area contributed by atoms with E-state index in [0.29, 0.717) is 4.88 Å². The molecular formula is C11H10N2OS. The van der Waals surface area contributed by atoms with E-state index in [1.165, 1.54) is 11.3 Å². The van der Waals surface area contributed by atoms with Crippen molar-refractivity contribution in [3.05, 3.63) is 46.4 Å². The summed E-state index contributed by atoms with van der Waals surface area (Å²) >= 11 is 1.42. The Morgan fingerprint density at radius 3 is 2.93 bits per heavy atom. The van der Waals surface area contributed by atoms with Crippen LogP contribution in [0.2, 0.25) is 0 Å². The Morgan fingerprint density at radius 1 is 1.40 bits per heavy atom. The second-order valence-corrected chi connectivity index (χ2v) is 4.02. The van der Waals surface area contributed by atoms with Crippen LogP contribution in [0.15, 0.2) is 35.8 Å². The van der Waals surface area contributed by atoms with Gasteiger partial charge < -0.3 is 5.32 Å². The van der Waals surface area contributed by atoms with E-state index in [1.807, 2.05) is 24.4 Å². The third-order valence-electron chi connectivity index (χ3n) is 2.00. The fourth-order valence-corrected chi connectivity index (χ4v) is 1.83. The summed E-state index contributed by atoms with van der Waals surface area (Å²) in [5.74, 6) is -0.0823. The molecular weight excluding hydrogens is 208 g/mol. The van der Waals surface area contributed by atoms with E-state index in [4.69, 9.17) is 0 Å². The second kappa shape index (κ2) is 4.23. The number of amides is 1. The van der Waals surface area contributed by atoms with Gasteiger partial charge in [0.1, 0.15) is 0 Å². The second-order valence-electron chi connectivity index (χ2n) is 3.07. The Bertz CT molecular complexity index is 465. The average Bonchev–Trinajstić information content (AvgIpc) is 2.74. The first kappa shape index (κ1) is 9.86. The maximum absolute atomic E-state index is 11.7. The fourth-order valence-electron chi connectivity index (χ4n) is 1.21. The van der Waals surface area contributed by atoms with Crippen molar-refractivity contribution in [2.75, 3.05) is 5.32 Å². The summed E-state index contributed by atoms with van der Waals surface area (Å²) in [4.78, 5) is 16.5. The number of carbonyl (C=O) groups is 1. The normalized spacial score (nSPS) is 9.93. The van der Waals surface area contributed by atoms with Crippen molar-refractivity contribution in [1.82, 2.24) is 4.98 Å². The predicted octanol–water partition coefficient (Wildman–Crippen LogP) is 2.70. The number of aromatic nitrogens is 1. The Balaban J connectivity index is 2.17. The Kier molecular flexibility index (Phi) is 2.78. The van der Waals surface area contributed by atoms with Gasteiger partial charge in [-0.25, -0.2) is 0 Å². The molecule has 0 spiro atoms. The lowest BCUT2D eigenvalue weighted by Crippen LogP contribution is -2.11. The van der Waals surface area contributed by atoms with Crippen LogP contribution in [0, 0.1) is 6.92 Å². The van der Waals surface area contributed by atoms with Crippen molar-refractivity contribution in [2.24, 2.45) is 0 Å². The zero-order chi connectivity index (χ0) is 10.7. The number of hydrogen-bond donors (Lipinski definition) is 1. The molecule has 0 aromatic carbocycles. The summed E-state index contributed by atoms with van der Waals surface area (Å²) in [6.45, 7) is 1.87. The van der Waals surface area contributed by atoms with Gasteiger partial charge in [-0.2, -0.15) is 0 Å². The van der Waals surface area contributed by atoms with Gasteiger partial charge in [-0.15, -0.1) is 11.3 Å². The molecule has 0 bridgehead atoms. The SMILES string of the molecule is Cc1ncccc1NC(=O)c1cccs1. The average molecular weight is 218 g/mol. The van der Waals surface area contributed by atoms with Crippen molar-refractivity contribution in [2.45, 2.75) is 6.92 Å². The maximum Gasteiger partial charge on any atom is 0.265 e. The highest BCUT2D eigenvalue weighted by Gasteiger charge is 2.07. The molecule has 76 valence electrons. The van der Waals surface area contributed by atoms with E-state index in [2.05, 4.69) is 10.3 Å². The van der Waals surface area contributed by atoms with Gasteiger partial charge in [0.05, 0.1) is 16.3 Å². The molecule has 0 aliphatic carbocycles. The molecule has 0 saturated heterocycles. The van der Waals surface area contributed by atoms with Gasteiger partial charge in [-0.3, -0.25) is 9.78 Å². The molecule has 0 fully saturated rings. The predicted molar refractivity (Wildman–Crippen MR) is 61.2 cm³/mol. The largest absolute Gasteiger partial charge is 0.320 e. The Hall–Kier alpha value is -1.68. The number of rotatable bonds is 2. The molecule has 4 heteroatoms. The molecule has 15 heavy (non-hydrogen) atoms. The third kappa shape index (κ3) is 2.22. The van der Waals surface area contributed by atoms with E-state index < -0.39 is 0 Å². The van der Waals surface area contributed by atoms with Gasteiger partial charge in [0.25, 0.3) is 5.91 Å². The highest BCUT2D eigenvalue weighted by Crippen LogP contribution is 2.14. The number of hydrogen-bond acceptors (Lipinski definition) is 3. The highest BCUT2D eigenvalue weighted by molar-refractivity contribution is 7.12. The molecule has 0 radical (unpaired) electrons. The topological polar surface area (TPSA) is 42.0 Å². The first-order chi connectivity index (χ1) is 7.27. The van der Waals surface area contributed by atoms with E-state index in [-0.39, 0.29) is 5.91 Å². The molecule has 0 saturated carbocycles. The minimum absolute atomic E-state index is 0.0823. The molecule has 0 atom stereocenters. The number of carbonyl (C=O) groups excluding carboxylic acids is 1. The van der Waals surface area contributed by atoms with Gasteiger partial charge in [0.2, 0.25) is 0 Å². The molecule has 0 aliphatic rings. The van der Waals surface area contributed by atoms with Gasteiger partial charge in [0.15, 0.2) is 0 Å². The lowest BCUT2D eigenvalue weighted by molar-refractivity contribution is 0.103. The van der Waals surface area contributed by atoms with E-state index in [9.17, 15) is 4.79 Å². The van der Waals surface area contributed by atoms with Gasteiger partial charge in [-0.1, -0.05) is 6.07 Å². The minimum Gasteiger partial charge on any atom is -0.320 e. The summed E-state index contributed by atoms with van der Waals surface area (Å²) in [5, 5.41) is 4.70. The van der Waals surface area contributed by atoms with E-state index in [0.717, 1.165) is 11.4 Å². The molecule has 0 aliphatic heterocycles. The lowest BCUT2D eigenvalue weighted by Gasteiger charge is -2.05. The first-order valence-corrected chi connectivity index (χ1v) is 5.42. The Morgan fingerprint density at radius 2 is 2.27 bits per heavy atom. The number of nitrogens with one attached hydrogen (secondary N) is 1. The van der Waals surface area contributed by atoms with Crippen LogP contribution in [0.1, 0.15) is 15.4 Å². The first-order valence-electron chi connectivity index (χ1n) is 4.54. The molecule has 2 aromatic rings. The standard InChI is InChI=1S/C11H10N2OS/c1-8-9(4-2-6-12-8)13-11(14)10-5-3-7-15-10/h2-7H,1H3,(H,13,14). The summed E-state index contributed by atoms with van der Waals surface area (Å²) < 4.78 is 0. The van der Waals surface area contributed by atoms with Crippen molar-refractivity contribution < 1.29 is 4.79 Å². The number of thiophene rings is 1. The molecule has 3 nitrogen and oxygen atoms in total. The molecule has 0 unspecified atom stereocenters. The molecule has 2 aromatic heterocycles. The number of nitrogens with zero attached hydrogens (tertiary/aromatic N) is 1. The summed E-state index contributed by atoms with van der Waals surface area (Å²) in [7, 11) is 0. The third-order valence-corrected chi connectivity index (χ3v) is 2.87. The fraction of sp³-hybridized carbons (Fsp3) is 0.0909. The number of pyridine rings is 1. The van der Waals surface area contributed by atoms with Crippen LogP contribution in [-0.4, -0.2) is 10.9 Å². The van der Waals surface area contributed by atoms with Gasteiger partial charge >= 0.3 is 0 Å². The van der Waals surface area contributed by atoms with Crippen LogP contribution in [0.25, 0.3) is 0 Å². The summed E-state index contributed by atoms with van der Waals surface area (Å²) in [6, 6.07) is 7.30. The van der Waals surface area contributed by atoms with Crippen molar-refractivity contribution >= 4 is 22.9 Å². The molecule has 2 heterocycles. The van der Waals surface area contributed by atoms with Crippen LogP contribution in [-0.2, 0) is 0 Å². The number of aryl methyl sites for hydroxylation is 1. The Labute approximate surface area is 91.8 Å². The van der Waals surface area contributed by atoms with Crippen LogP contribution in [0.4, 0.5) is 5.69 Å². The van der Waals surface area contributed by atoms with Gasteiger partial charge in [-0.05, 0) is 30.5 Å². The van der Waals surface area contributed by atoms with Crippen molar-refractivity contribution in [3.63, 3.8) is 0 Å². The quantitative estimate of drug-likeness (QED) is 0.842. The molecule has 2 rings (SSSR count). The maximum atomic E-state index is 11.7. The monoisotopic (exact) mass is 218 g/mol. The number of anilines is 1. The van der Waals surface area contributed by atoms with Crippen LogP contribution < -0.4 is 5.32 Å². The van der Waals surface area contributed by atoms with Crippen LogP contribution in [0.5, 0.6) is 0 Å². The smallest absolute Gasteiger partial charge is 0.265 e. The van der Waals surface area contributed by atoms with Crippen molar-refractivity contribution in [3.8, 4) is 0 Å². The zero-order valence-electron chi connectivity index (χ0n) is 8.23. The van der Waals surface area contributed by atoms with Gasteiger partial charge in [0, 0.05) is 6.20 Å². The summed E-state index contributed by atoms with van der Waals surface area (Å²) in [6.07, 6.45) is 1.70. The van der Waals surface area contributed by atoms with Crippen molar-refractivity contribution in [1.29, 1.82) is 0 Å². The molecule has 1 N–H and O–H groups in total. The lowest BCUT2D eigenvalue weighted by atomic mass is 10.3. The highest BCUT2D eigenvalue weighted by atomic mass is 32.1. The van der Waals surface area contributed by atoms with E-state index in [1.54, 1.807) is 18.3 Å². The van der Waals surface area contributed by atoms with E-state index >= 15 is 0 Å². The van der Waals surface area contributed by atoms with Crippen LogP contribution in [0.3, 0.4) is 0 Å². The molecule has 1 amide bonds. The zero-order valence-corrected chi connectivity index (χ0v) is 9.04. The summed E-state index contributed by atoms with van der Waals surface area (Å²) in [5.41, 5.74) is 1.58. The van der Waals surface area contributed by atoms with Crippen LogP contribution >= 0.6 is 11.3 Å². The minimum atomic E-state index is -0.0823.